The van der Waals surface area contributed by atoms with Crippen LogP contribution in [0.5, 0.6) is 0 Å². The first-order valence-electron chi connectivity index (χ1n) is 39.8. The summed E-state index contributed by atoms with van der Waals surface area (Å²) in [7, 11) is -3.36. The van der Waals surface area contributed by atoms with Crippen LogP contribution in [-0.4, -0.2) is 64.2 Å². The van der Waals surface area contributed by atoms with Crippen molar-refractivity contribution >= 4 is 57.0 Å². The van der Waals surface area contributed by atoms with Crippen molar-refractivity contribution in [3.8, 4) is 101 Å². The smallest absolute Gasteiger partial charge is 0.423 e. The van der Waals surface area contributed by atoms with Gasteiger partial charge < -0.3 is 20.1 Å². The van der Waals surface area contributed by atoms with Crippen molar-refractivity contribution in [1.82, 2.24) is 29.9 Å². The van der Waals surface area contributed by atoms with Gasteiger partial charge in [-0.05, 0) is 199 Å². The van der Waals surface area contributed by atoms with E-state index in [0.717, 1.165) is 120 Å². The SMILES string of the molecule is CC(C)Cc1ccc(-c2[c-]c(-c3ccccc3-c3[c-]c(-c4ccc(CC(C)C)cn4)ccc3)ccc2)nc1.CC(C)Cc1ccc(-c2cccc(-c3ccccc3-c3cccc(-c4ccc(C(C)C)cn4)c3)c2)nc1.CC(C)Cc1ccc(-c2cccc(Br)c2)nc1.CC(C)Cc1ccc(Br)nc1.OB(O)c1ccccc1B(O)O.[Pt+2]. The largest absolute Gasteiger partial charge is 2.00 e. The number of hydrogen-bond donors (Lipinski definition) is 4. The molecule has 116 heavy (non-hydrogen) atoms. The number of rotatable bonds is 22. The van der Waals surface area contributed by atoms with Gasteiger partial charge in [-0.1, -0.05) is 280 Å². The summed E-state index contributed by atoms with van der Waals surface area (Å²) in [6, 6.07) is 94.1. The molecule has 0 fully saturated rings. The second-order valence-corrected chi connectivity index (χ2v) is 33.1. The maximum absolute atomic E-state index is 8.79. The zero-order valence-electron chi connectivity index (χ0n) is 68.4. The second-order valence-electron chi connectivity index (χ2n) is 31.4. The molecule has 0 spiro atoms. The first-order chi connectivity index (χ1) is 55.4. The predicted molar refractivity (Wildman–Crippen MR) is 487 cm³/mol. The van der Waals surface area contributed by atoms with Crippen LogP contribution in [0, 0.1) is 41.7 Å². The van der Waals surface area contributed by atoms with E-state index in [4.69, 9.17) is 40.0 Å². The van der Waals surface area contributed by atoms with Crippen LogP contribution >= 0.6 is 31.9 Å². The van der Waals surface area contributed by atoms with Gasteiger partial charge in [0.25, 0.3) is 0 Å². The van der Waals surface area contributed by atoms with Gasteiger partial charge in [0.1, 0.15) is 4.60 Å². The molecule has 0 amide bonds. The molecule has 6 aromatic heterocycles. The van der Waals surface area contributed by atoms with E-state index >= 15 is 0 Å². The van der Waals surface area contributed by atoms with Crippen LogP contribution in [0.25, 0.3) is 101 Å². The normalized spacial score (nSPS) is 10.9. The predicted octanol–water partition coefficient (Wildman–Crippen LogP) is 23.4. The van der Waals surface area contributed by atoms with E-state index in [-0.39, 0.29) is 32.0 Å². The fourth-order valence-electron chi connectivity index (χ4n) is 13.5. The quantitative estimate of drug-likeness (QED) is 0.0292. The summed E-state index contributed by atoms with van der Waals surface area (Å²) in [5, 5.41) is 35.1. The summed E-state index contributed by atoms with van der Waals surface area (Å²) in [5.74, 6) is 3.71. The van der Waals surface area contributed by atoms with Gasteiger partial charge in [-0.15, -0.1) is 70.8 Å². The molecule has 6 heterocycles. The van der Waals surface area contributed by atoms with Gasteiger partial charge in [0.05, 0.1) is 17.1 Å². The molecular formula is C101H104B2Br2N6O4Pt. The van der Waals surface area contributed by atoms with E-state index in [0.29, 0.717) is 35.5 Å². The molecule has 0 saturated heterocycles. The van der Waals surface area contributed by atoms with Crippen molar-refractivity contribution in [2.75, 3.05) is 0 Å². The van der Waals surface area contributed by atoms with Crippen molar-refractivity contribution < 1.29 is 41.2 Å². The number of aromatic nitrogens is 6. The molecule has 10 nitrogen and oxygen atoms in total. The Morgan fingerprint density at radius 3 is 0.905 bits per heavy atom. The van der Waals surface area contributed by atoms with Crippen molar-refractivity contribution in [2.45, 2.75) is 121 Å². The van der Waals surface area contributed by atoms with E-state index in [1.165, 1.54) is 67.8 Å². The summed E-state index contributed by atoms with van der Waals surface area (Å²) < 4.78 is 1.99. The molecule has 0 bridgehead atoms. The van der Waals surface area contributed by atoms with Crippen LogP contribution < -0.4 is 10.9 Å². The first kappa shape index (κ1) is 90.2. The number of nitrogens with zero attached hydrogens (tertiary/aromatic N) is 6. The maximum atomic E-state index is 8.79. The average molecular weight is 1840 g/mol. The molecule has 0 unspecified atom stereocenters. The van der Waals surface area contributed by atoms with Gasteiger partial charge >= 0.3 is 35.3 Å². The number of benzene rings is 8. The van der Waals surface area contributed by atoms with Gasteiger partial charge in [0.15, 0.2) is 0 Å². The van der Waals surface area contributed by atoms with Crippen LogP contribution in [0.15, 0.2) is 301 Å². The number of halogens is 2. The van der Waals surface area contributed by atoms with Gasteiger partial charge in [0.2, 0.25) is 0 Å². The Balaban J connectivity index is 0.000000181. The molecule has 0 aliphatic carbocycles. The second kappa shape index (κ2) is 45.1. The Morgan fingerprint density at radius 2 is 0.586 bits per heavy atom. The molecule has 8 aromatic carbocycles. The summed E-state index contributed by atoms with van der Waals surface area (Å²) in [4.78, 5) is 27.7. The minimum Gasteiger partial charge on any atom is -0.423 e. The van der Waals surface area contributed by atoms with Gasteiger partial charge in [-0.3, -0.25) is 24.9 Å². The molecule has 14 rings (SSSR count). The van der Waals surface area contributed by atoms with Crippen LogP contribution in [0.1, 0.15) is 122 Å². The van der Waals surface area contributed by atoms with Gasteiger partial charge in [0, 0.05) is 69.7 Å². The summed E-state index contributed by atoms with van der Waals surface area (Å²) in [5.41, 5.74) is 27.3. The molecule has 0 aliphatic rings. The number of hydrogen-bond acceptors (Lipinski definition) is 10. The van der Waals surface area contributed by atoms with E-state index < -0.39 is 14.2 Å². The minimum absolute atomic E-state index is 0. The van der Waals surface area contributed by atoms with E-state index in [9.17, 15) is 0 Å². The molecular weight excluding hydrogens is 1740 g/mol. The zero-order valence-corrected chi connectivity index (χ0v) is 73.9. The van der Waals surface area contributed by atoms with Crippen molar-refractivity contribution in [2.24, 2.45) is 29.6 Å². The van der Waals surface area contributed by atoms with E-state index in [2.05, 4.69) is 349 Å². The summed E-state index contributed by atoms with van der Waals surface area (Å²) in [6.07, 6.45) is 17.2. The average Bonchev–Trinajstić information content (AvgIpc) is 0.797. The van der Waals surface area contributed by atoms with Gasteiger partial charge in [-0.25, -0.2) is 4.98 Å². The summed E-state index contributed by atoms with van der Waals surface area (Å²) >= 11 is 6.78. The molecule has 14 aromatic rings. The number of pyridine rings is 6. The Morgan fingerprint density at radius 1 is 0.284 bits per heavy atom. The molecule has 15 heteroatoms. The van der Waals surface area contributed by atoms with Gasteiger partial charge in [-0.2, -0.15) is 0 Å². The molecule has 0 radical (unpaired) electrons. The fraction of sp³-hybridized carbons (Fsp3) is 0.228. The van der Waals surface area contributed by atoms with Crippen LogP contribution in [-0.2, 0) is 53.2 Å². The van der Waals surface area contributed by atoms with Crippen LogP contribution in [0.2, 0.25) is 0 Å². The molecule has 4 N–H and O–H groups in total. The molecule has 0 atom stereocenters. The monoisotopic (exact) mass is 1840 g/mol. The third-order valence-electron chi connectivity index (χ3n) is 18.9. The summed E-state index contributed by atoms with van der Waals surface area (Å²) in [6.45, 7) is 26.7. The third kappa shape index (κ3) is 27.5. The zero-order chi connectivity index (χ0) is 81.9. The maximum Gasteiger partial charge on any atom is 2.00 e. The van der Waals surface area contributed by atoms with E-state index in [1.54, 1.807) is 12.1 Å². The first-order valence-corrected chi connectivity index (χ1v) is 41.4. The Kier molecular flexibility index (Phi) is 35.1. The van der Waals surface area contributed by atoms with E-state index in [1.807, 2.05) is 55.4 Å². The standard InChI is InChI=1S/C36H34N2.C35H34N2.C15H16BrN.C9H12BrN.C6H8B2O4.Pt/c1-25(2)19-27-15-17-35(37-23-27)31-11-7-9-29(21-31)33-13-5-6-14-34(33)30-10-8-12-32(22-30)36-18-16-28(24-38-36)20-26(3)4;1-24(2)19-26-15-17-34(36-22-26)29-11-7-9-27(20-29)32-13-5-6-14-33(32)28-10-8-12-30(21-28)35-18-16-31(23-37-35)25(3)4;1-11(2)8-12-6-7-15(17-10-12)13-4-3-5-14(16)9-13;1-7(2)5-8-3-4-9(10)11-6-8;9-7(10)5-3-1-2-4-6(5)8(11)12;/h5-18,23-26H,19-20H2,1-4H3;5-18,20-25H,19H2,1-4H3;3-7,9-11H,8H2,1-2H3;3-4,6-7H,5H2,1-2H3;1-4,9-12H;/q-2;;;;;+2. The molecule has 592 valence electrons. The third-order valence-corrected chi connectivity index (χ3v) is 19.9. The van der Waals surface area contributed by atoms with Crippen LogP contribution in [0.4, 0.5) is 0 Å². The minimum atomic E-state index is -1.68. The van der Waals surface area contributed by atoms with Crippen molar-refractivity contribution in [3.05, 3.63) is 347 Å². The van der Waals surface area contributed by atoms with Crippen LogP contribution in [0.3, 0.4) is 0 Å². The molecule has 0 saturated carbocycles. The van der Waals surface area contributed by atoms with Crippen molar-refractivity contribution in [3.63, 3.8) is 0 Å². The fourth-order valence-corrected chi connectivity index (χ4v) is 14.1. The Hall–Kier alpha value is -9.72. The Labute approximate surface area is 720 Å². The van der Waals surface area contributed by atoms with Crippen molar-refractivity contribution in [1.29, 1.82) is 0 Å². The Bertz CT molecular complexity index is 5200. The molecule has 0 aliphatic heterocycles. The topological polar surface area (TPSA) is 158 Å².